The van der Waals surface area contributed by atoms with Crippen molar-refractivity contribution in [2.45, 2.75) is 71.1 Å². The molecule has 9 rings (SSSR count). The predicted octanol–water partition coefficient (Wildman–Crippen LogP) is 9.00. The van der Waals surface area contributed by atoms with Crippen LogP contribution in [0, 0.1) is 13.8 Å². The standard InChI is InChI=1S/C58H58N8O4/c1-37-23-25-50-49(27-37)45(33-59-50)31-55(67)63-53(29-41-17-10-7-11-18-41)58(70)65(5)39(3)42-19-14-20-43(30-42)44-24-26-54-60-34-46(66(54)35-44)36-64(4)57(69)52(28-40-15-8-6-9-16-40)62-56(68)32-48-38(2)61-51-22-13-12-21-47(48)51/h6-27,30,33-35,39,52-53,59,61H,28-29,31-32,36H2,1-5H3,(H,62,68)(H,63,67). The van der Waals surface area contributed by atoms with Gasteiger partial charge in [-0.3, -0.25) is 19.2 Å². The van der Waals surface area contributed by atoms with Crippen molar-refractivity contribution in [1.82, 2.24) is 39.8 Å². The molecule has 354 valence electrons. The number of carbonyl (C=O) groups is 4. The monoisotopic (exact) mass is 930 g/mol. The van der Waals surface area contributed by atoms with Gasteiger partial charge in [-0.15, -0.1) is 0 Å². The Hall–Kier alpha value is -8.25. The molecule has 0 aliphatic rings. The van der Waals surface area contributed by atoms with Crippen LogP contribution in [0.5, 0.6) is 0 Å². The first kappa shape index (κ1) is 46.8. The van der Waals surface area contributed by atoms with E-state index in [1.807, 2.05) is 165 Å². The van der Waals surface area contributed by atoms with Gasteiger partial charge < -0.3 is 34.8 Å². The van der Waals surface area contributed by atoms with Crippen LogP contribution in [0.3, 0.4) is 0 Å². The molecule has 70 heavy (non-hydrogen) atoms. The van der Waals surface area contributed by atoms with Crippen molar-refractivity contribution in [3.63, 3.8) is 0 Å². The van der Waals surface area contributed by atoms with Crippen molar-refractivity contribution in [2.75, 3.05) is 14.1 Å². The third-order valence-corrected chi connectivity index (χ3v) is 13.5. The van der Waals surface area contributed by atoms with Gasteiger partial charge in [-0.25, -0.2) is 4.98 Å². The molecule has 5 aromatic carbocycles. The topological polar surface area (TPSA) is 148 Å². The Morgan fingerprint density at radius 1 is 0.671 bits per heavy atom. The number of pyridine rings is 1. The number of nitrogens with zero attached hydrogens (tertiary/aromatic N) is 4. The van der Waals surface area contributed by atoms with Crippen molar-refractivity contribution < 1.29 is 19.2 Å². The molecule has 3 atom stereocenters. The Balaban J connectivity index is 0.902. The largest absolute Gasteiger partial charge is 0.361 e. The zero-order valence-electron chi connectivity index (χ0n) is 40.2. The Morgan fingerprint density at radius 3 is 2.07 bits per heavy atom. The average molecular weight is 931 g/mol. The Labute approximate surface area is 407 Å². The number of nitrogens with one attached hydrogen (secondary N) is 4. The van der Waals surface area contributed by atoms with Gasteiger partial charge >= 0.3 is 0 Å². The van der Waals surface area contributed by atoms with Crippen LogP contribution in [0.4, 0.5) is 0 Å². The van der Waals surface area contributed by atoms with E-state index in [2.05, 4.69) is 37.7 Å². The lowest BCUT2D eigenvalue weighted by Crippen LogP contribution is -2.49. The number of aryl methyl sites for hydroxylation is 2. The van der Waals surface area contributed by atoms with Crippen molar-refractivity contribution >= 4 is 51.1 Å². The highest BCUT2D eigenvalue weighted by atomic mass is 16.2. The van der Waals surface area contributed by atoms with Gasteiger partial charge in [0.25, 0.3) is 0 Å². The Kier molecular flexibility index (Phi) is 13.7. The molecule has 9 aromatic rings. The second kappa shape index (κ2) is 20.5. The van der Waals surface area contributed by atoms with E-state index in [9.17, 15) is 19.2 Å². The van der Waals surface area contributed by atoms with E-state index in [-0.39, 0.29) is 49.1 Å². The number of hydrogen-bond acceptors (Lipinski definition) is 5. The molecule has 0 fully saturated rings. The van der Waals surface area contributed by atoms with E-state index >= 15 is 0 Å². The van der Waals surface area contributed by atoms with Crippen LogP contribution < -0.4 is 10.6 Å². The summed E-state index contributed by atoms with van der Waals surface area (Å²) in [6.45, 7) is 6.23. The molecule has 3 unspecified atom stereocenters. The molecule has 0 radical (unpaired) electrons. The highest BCUT2D eigenvalue weighted by molar-refractivity contribution is 5.94. The lowest BCUT2D eigenvalue weighted by molar-refractivity contribution is -0.136. The average Bonchev–Trinajstić information content (AvgIpc) is 4.06. The van der Waals surface area contributed by atoms with Crippen LogP contribution in [0.1, 0.15) is 57.7 Å². The van der Waals surface area contributed by atoms with E-state index in [1.54, 1.807) is 30.1 Å². The fourth-order valence-electron chi connectivity index (χ4n) is 9.47. The Morgan fingerprint density at radius 2 is 1.34 bits per heavy atom. The number of benzene rings is 5. The third-order valence-electron chi connectivity index (χ3n) is 13.5. The number of amides is 4. The summed E-state index contributed by atoms with van der Waals surface area (Å²) in [7, 11) is 3.54. The molecule has 4 amide bonds. The normalized spacial score (nSPS) is 12.7. The summed E-state index contributed by atoms with van der Waals surface area (Å²) in [6.07, 6.45) is 6.62. The lowest BCUT2D eigenvalue weighted by Gasteiger charge is -2.30. The van der Waals surface area contributed by atoms with Crippen molar-refractivity contribution in [2.24, 2.45) is 0 Å². The number of hydrogen-bond donors (Lipinski definition) is 4. The summed E-state index contributed by atoms with van der Waals surface area (Å²) >= 11 is 0. The molecule has 12 nitrogen and oxygen atoms in total. The molecular formula is C58H58N8O4. The zero-order chi connectivity index (χ0) is 48.9. The number of aromatic amines is 2. The van der Waals surface area contributed by atoms with E-state index < -0.39 is 12.1 Å². The summed E-state index contributed by atoms with van der Waals surface area (Å²) < 4.78 is 1.99. The van der Waals surface area contributed by atoms with Gasteiger partial charge in [0, 0.05) is 66.8 Å². The SMILES string of the molecule is Cc1ccc2[nH]cc(CC(=O)NC(Cc3ccccc3)C(=O)N(C)C(C)c3cccc(-c4ccc5ncc(CN(C)C(=O)C(Cc6ccccc6)NC(=O)Cc6c(C)[nH]c7ccccc67)n5c4)c3)c2c1. The maximum atomic E-state index is 14.5. The van der Waals surface area contributed by atoms with Gasteiger partial charge in [-0.2, -0.15) is 0 Å². The molecule has 4 heterocycles. The summed E-state index contributed by atoms with van der Waals surface area (Å²) in [5.41, 5.74) is 12.0. The number of likely N-dealkylation sites (N-methyl/N-ethyl adjacent to an activating group) is 2. The number of imidazole rings is 1. The summed E-state index contributed by atoms with van der Waals surface area (Å²) in [4.78, 5) is 70.9. The first-order valence-corrected chi connectivity index (χ1v) is 23.8. The molecular weight excluding hydrogens is 873 g/mol. The minimum Gasteiger partial charge on any atom is -0.361 e. The minimum absolute atomic E-state index is 0.138. The molecule has 0 saturated carbocycles. The smallest absolute Gasteiger partial charge is 0.245 e. The number of para-hydroxylation sites is 1. The highest BCUT2D eigenvalue weighted by Gasteiger charge is 2.29. The molecule has 0 aliphatic heterocycles. The number of carbonyl (C=O) groups excluding carboxylic acids is 4. The number of aromatic nitrogens is 4. The maximum absolute atomic E-state index is 14.5. The third kappa shape index (κ3) is 10.4. The second-order valence-corrected chi connectivity index (χ2v) is 18.5. The van der Waals surface area contributed by atoms with Crippen molar-refractivity contribution in [1.29, 1.82) is 0 Å². The molecule has 4 aromatic heterocycles. The zero-order valence-corrected chi connectivity index (χ0v) is 40.2. The first-order valence-electron chi connectivity index (χ1n) is 23.8. The van der Waals surface area contributed by atoms with E-state index in [0.29, 0.717) is 12.8 Å². The minimum atomic E-state index is -0.797. The van der Waals surface area contributed by atoms with Gasteiger partial charge in [-0.1, -0.05) is 109 Å². The number of fused-ring (bicyclic) bond motifs is 3. The van der Waals surface area contributed by atoms with Crippen LogP contribution in [0.25, 0.3) is 38.6 Å². The predicted molar refractivity (Wildman–Crippen MR) is 276 cm³/mol. The van der Waals surface area contributed by atoms with Gasteiger partial charge in [0.15, 0.2) is 0 Å². The van der Waals surface area contributed by atoms with E-state index in [1.165, 1.54) is 0 Å². The quantitative estimate of drug-likeness (QED) is 0.0720. The van der Waals surface area contributed by atoms with E-state index in [0.717, 1.165) is 83.3 Å². The fraction of sp³-hybridized carbons (Fsp3) is 0.224. The van der Waals surface area contributed by atoms with Gasteiger partial charge in [0.2, 0.25) is 23.6 Å². The second-order valence-electron chi connectivity index (χ2n) is 18.5. The summed E-state index contributed by atoms with van der Waals surface area (Å²) in [5, 5.41) is 8.16. The fourth-order valence-corrected chi connectivity index (χ4v) is 9.47. The van der Waals surface area contributed by atoms with E-state index in [4.69, 9.17) is 0 Å². The maximum Gasteiger partial charge on any atom is 0.245 e. The van der Waals surface area contributed by atoms with Gasteiger partial charge in [0.05, 0.1) is 37.3 Å². The molecule has 4 N–H and O–H groups in total. The van der Waals surface area contributed by atoms with Crippen molar-refractivity contribution in [3.05, 3.63) is 203 Å². The van der Waals surface area contributed by atoms with Crippen LogP contribution in [0.2, 0.25) is 0 Å². The highest BCUT2D eigenvalue weighted by Crippen LogP contribution is 2.28. The number of rotatable bonds is 17. The van der Waals surface area contributed by atoms with Crippen molar-refractivity contribution in [3.8, 4) is 11.1 Å². The molecule has 0 aliphatic carbocycles. The lowest BCUT2D eigenvalue weighted by atomic mass is 9.99. The van der Waals surface area contributed by atoms with Gasteiger partial charge in [0.1, 0.15) is 17.7 Å². The number of H-pyrrole nitrogens is 2. The summed E-state index contributed by atoms with van der Waals surface area (Å²) in [5.74, 6) is -0.860. The van der Waals surface area contributed by atoms with Crippen LogP contribution >= 0.6 is 0 Å². The van der Waals surface area contributed by atoms with Crippen LogP contribution in [-0.4, -0.2) is 79.0 Å². The molecule has 0 spiro atoms. The summed E-state index contributed by atoms with van der Waals surface area (Å²) in [6, 6.07) is 43.7. The Bertz CT molecular complexity index is 3340. The molecule has 12 heteroatoms. The first-order chi connectivity index (χ1) is 33.9. The molecule has 0 saturated heterocycles. The van der Waals surface area contributed by atoms with Gasteiger partial charge in [-0.05, 0) is 96.1 Å². The molecule has 0 bridgehead atoms. The van der Waals surface area contributed by atoms with Crippen LogP contribution in [-0.2, 0) is 51.4 Å². The van der Waals surface area contributed by atoms with Crippen LogP contribution in [0.15, 0.2) is 158 Å².